The van der Waals surface area contributed by atoms with Crippen LogP contribution in [-0.2, 0) is 11.0 Å². The largest absolute Gasteiger partial charge is 1.00 e. The number of allylic oxidation sites excluding steroid dienone is 4. The van der Waals surface area contributed by atoms with Gasteiger partial charge in [-0.05, 0) is 29.7 Å². The summed E-state index contributed by atoms with van der Waals surface area (Å²) < 4.78 is 14.1. The third-order valence-corrected chi connectivity index (χ3v) is 7.52. The van der Waals surface area contributed by atoms with Gasteiger partial charge in [-0.25, -0.2) is 0 Å². The van der Waals surface area contributed by atoms with Crippen LogP contribution in [0.25, 0.3) is 16.8 Å². The molecule has 1 atom stereocenters. The molecule has 14 heteroatoms. The molecule has 1 aromatic carbocycles. The maximum Gasteiger partial charge on any atom is 0.347 e. The van der Waals surface area contributed by atoms with Crippen molar-refractivity contribution in [1.82, 2.24) is 4.98 Å². The van der Waals surface area contributed by atoms with E-state index in [-0.39, 0.29) is 43.3 Å². The van der Waals surface area contributed by atoms with Crippen molar-refractivity contribution in [2.24, 2.45) is 0 Å². The quantitative estimate of drug-likeness (QED) is 0.187. The lowest BCUT2D eigenvalue weighted by Crippen LogP contribution is -3.00. The second kappa shape index (κ2) is 11.7. The van der Waals surface area contributed by atoms with E-state index in [1.165, 1.54) is 16.7 Å². The number of non-ortho nitro benzene ring substituents is 1. The van der Waals surface area contributed by atoms with E-state index in [0.717, 1.165) is 17.7 Å². The van der Waals surface area contributed by atoms with E-state index in [1.54, 1.807) is 61.1 Å². The van der Waals surface area contributed by atoms with Gasteiger partial charge in [0.05, 0.1) is 16.3 Å². The molecule has 0 aliphatic heterocycles. The summed E-state index contributed by atoms with van der Waals surface area (Å²) >= 11 is 0. The third-order valence-electron chi connectivity index (χ3n) is 5.87. The minimum absolute atomic E-state index is 0. The zero-order chi connectivity index (χ0) is 25.2. The van der Waals surface area contributed by atoms with Crippen LogP contribution in [0.1, 0.15) is 12.1 Å². The Kier molecular flexibility index (Phi) is 9.43. The van der Waals surface area contributed by atoms with E-state index in [2.05, 4.69) is 4.98 Å². The molecule has 2 N–H and O–H groups in total. The number of hydrogen-bond acceptors (Lipinski definition) is 6. The number of pyridine rings is 2. The molecular weight excluding hydrogens is 546 g/mol. The summed E-state index contributed by atoms with van der Waals surface area (Å²) in [7, 11) is -4.67. The number of hydrogen-bond donors (Lipinski definition) is 2. The highest BCUT2D eigenvalue weighted by molar-refractivity contribution is 7.53. The van der Waals surface area contributed by atoms with Crippen LogP contribution in [0.2, 0.25) is 0 Å². The molecule has 1 aliphatic carbocycles. The van der Waals surface area contributed by atoms with Gasteiger partial charge in [-0.1, -0.05) is 24.3 Å². The molecule has 37 heavy (non-hydrogen) atoms. The van der Waals surface area contributed by atoms with Crippen molar-refractivity contribution in [3.8, 4) is 16.8 Å². The number of rotatable bonds is 7. The van der Waals surface area contributed by atoms with E-state index < -0.39 is 34.0 Å². The Bertz CT molecular complexity index is 1430. The number of benzene rings is 1. The van der Waals surface area contributed by atoms with Crippen LogP contribution in [0, 0.1) is 20.2 Å². The summed E-state index contributed by atoms with van der Waals surface area (Å²) in [6.45, 7) is 0. The van der Waals surface area contributed by atoms with Gasteiger partial charge in [0.2, 0.25) is 0 Å². The normalized spacial score (nSPS) is 16.4. The van der Waals surface area contributed by atoms with Crippen molar-refractivity contribution in [3.63, 3.8) is 0 Å². The van der Waals surface area contributed by atoms with Crippen molar-refractivity contribution in [1.29, 1.82) is 0 Å². The molecule has 0 saturated carbocycles. The van der Waals surface area contributed by atoms with Crippen LogP contribution >= 0.6 is 20.0 Å². The van der Waals surface area contributed by atoms with Gasteiger partial charge in [0, 0.05) is 36.7 Å². The van der Waals surface area contributed by atoms with Gasteiger partial charge < -0.3 is 22.2 Å². The van der Waals surface area contributed by atoms with Crippen molar-refractivity contribution in [2.45, 2.75) is 18.0 Å². The van der Waals surface area contributed by atoms with Gasteiger partial charge >= 0.3 is 13.3 Å². The molecular formula is C23H21Cl2N4O7P. The summed E-state index contributed by atoms with van der Waals surface area (Å²) in [4.78, 5) is 46.1. The van der Waals surface area contributed by atoms with Crippen LogP contribution < -0.4 is 17.0 Å². The zero-order valence-electron chi connectivity index (χ0n) is 19.0. The monoisotopic (exact) mass is 566 g/mol. The standard InChI is InChI=1S/C23H19N4O7P.2ClH/c28-26(29)19-4-5-21(22(15-19)27(30)31)25-13-8-18(17-6-11-24-12-7-17)14-20(25)16-23(35(32,33)34)9-2-1-3-10-23;;/h1-9,11-15H,10,16H2,(H-,32,33,34);2*1H. The lowest BCUT2D eigenvalue weighted by molar-refractivity contribution is -0.609. The molecule has 1 aliphatic rings. The maximum absolute atomic E-state index is 12.6. The predicted molar refractivity (Wildman–Crippen MR) is 133 cm³/mol. The Labute approximate surface area is 223 Å². The molecule has 0 bridgehead atoms. The summed E-state index contributed by atoms with van der Waals surface area (Å²) in [5.41, 5.74) is 0.956. The Morgan fingerprint density at radius 3 is 2.27 bits per heavy atom. The van der Waals surface area contributed by atoms with Crippen LogP contribution in [0.5, 0.6) is 0 Å². The fourth-order valence-electron chi connectivity index (χ4n) is 4.04. The molecule has 1 unspecified atom stereocenters. The highest BCUT2D eigenvalue weighted by Crippen LogP contribution is 2.56. The molecule has 2 heterocycles. The molecule has 0 saturated heterocycles. The number of aromatic nitrogens is 2. The SMILES string of the molecule is Cl.O=[N+]([O-])c1ccc(-[n+]2ccc(-c3ccncc3)cc2CC2(P(=O)(O)O)C=CC=CC2)c([N+](=O)[O-])c1.[Cl-]. The summed E-state index contributed by atoms with van der Waals surface area (Å²) in [5.74, 6) is 0. The highest BCUT2D eigenvalue weighted by atomic mass is 35.5. The number of nitro benzene ring substituents is 2. The average molecular weight is 567 g/mol. The van der Waals surface area contributed by atoms with Gasteiger partial charge in [-0.3, -0.25) is 29.8 Å². The van der Waals surface area contributed by atoms with E-state index in [1.807, 2.05) is 0 Å². The molecule has 0 spiro atoms. The zero-order valence-corrected chi connectivity index (χ0v) is 21.4. The van der Waals surface area contributed by atoms with Crippen LogP contribution in [-0.4, -0.2) is 29.8 Å². The Hall–Kier alpha value is -3.47. The first kappa shape index (κ1) is 29.8. The van der Waals surface area contributed by atoms with Gasteiger partial charge in [0.15, 0.2) is 11.9 Å². The number of nitro groups is 2. The highest BCUT2D eigenvalue weighted by Gasteiger charge is 2.47. The summed E-state index contributed by atoms with van der Waals surface area (Å²) in [6, 6.07) is 10.2. The molecule has 194 valence electrons. The Morgan fingerprint density at radius 2 is 1.70 bits per heavy atom. The first-order valence-corrected chi connectivity index (χ1v) is 12.0. The first-order valence-electron chi connectivity index (χ1n) is 10.4. The summed E-state index contributed by atoms with van der Waals surface area (Å²) in [5, 5.41) is 21.4. The number of nitrogens with zero attached hydrogens (tertiary/aromatic N) is 4. The minimum atomic E-state index is -4.67. The third kappa shape index (κ3) is 6.10. The van der Waals surface area contributed by atoms with Crippen molar-refractivity contribution in [2.75, 3.05) is 0 Å². The second-order valence-electron chi connectivity index (χ2n) is 8.02. The van der Waals surface area contributed by atoms with Crippen LogP contribution in [0.3, 0.4) is 0 Å². The molecule has 0 radical (unpaired) electrons. The molecule has 4 rings (SSSR count). The second-order valence-corrected chi connectivity index (χ2v) is 9.99. The van der Waals surface area contributed by atoms with Crippen LogP contribution in [0.15, 0.2) is 85.4 Å². The van der Waals surface area contributed by atoms with E-state index >= 15 is 0 Å². The van der Waals surface area contributed by atoms with E-state index in [9.17, 15) is 34.6 Å². The number of halogens is 2. The van der Waals surface area contributed by atoms with Gasteiger partial charge in [-0.15, -0.1) is 12.4 Å². The summed E-state index contributed by atoms with van der Waals surface area (Å²) in [6.07, 6.45) is 11.0. The maximum atomic E-state index is 12.6. The molecule has 3 aromatic rings. The lowest BCUT2D eigenvalue weighted by atomic mass is 9.92. The average Bonchev–Trinajstić information content (AvgIpc) is 2.84. The molecule has 2 aromatic heterocycles. The molecule has 0 fully saturated rings. The van der Waals surface area contributed by atoms with Gasteiger partial charge in [0.1, 0.15) is 11.2 Å². The minimum Gasteiger partial charge on any atom is -1.00 e. The fraction of sp³-hybridized carbons (Fsp3) is 0.130. The Balaban J connectivity index is 0.00000241. The van der Waals surface area contributed by atoms with Gasteiger partial charge in [0.25, 0.3) is 11.4 Å². The first-order chi connectivity index (χ1) is 16.6. The van der Waals surface area contributed by atoms with E-state index in [4.69, 9.17) is 0 Å². The topological polar surface area (TPSA) is 161 Å². The van der Waals surface area contributed by atoms with Crippen molar-refractivity contribution in [3.05, 3.63) is 111 Å². The lowest BCUT2D eigenvalue weighted by Gasteiger charge is -2.31. The van der Waals surface area contributed by atoms with Crippen LogP contribution in [0.4, 0.5) is 11.4 Å². The van der Waals surface area contributed by atoms with Crippen molar-refractivity contribution >= 4 is 31.4 Å². The Morgan fingerprint density at radius 1 is 1.00 bits per heavy atom. The van der Waals surface area contributed by atoms with E-state index in [0.29, 0.717) is 11.3 Å². The fourth-order valence-corrected chi connectivity index (χ4v) is 5.03. The van der Waals surface area contributed by atoms with Crippen molar-refractivity contribution < 1.29 is 41.2 Å². The smallest absolute Gasteiger partial charge is 0.347 e. The molecule has 0 amide bonds. The predicted octanol–water partition coefficient (Wildman–Crippen LogP) is 1.24. The van der Waals surface area contributed by atoms with Gasteiger partial charge in [-0.2, -0.15) is 4.57 Å². The molecule has 11 nitrogen and oxygen atoms in total.